The van der Waals surface area contributed by atoms with Crippen LogP contribution in [-0.2, 0) is 4.74 Å². The Balaban J connectivity index is 2.05. The van der Waals surface area contributed by atoms with E-state index in [4.69, 9.17) is 9.47 Å². The number of hydrogen-bond acceptors (Lipinski definition) is 3. The zero-order valence-corrected chi connectivity index (χ0v) is 13.4. The standard InChI is InChI=1S/C18H20FNO3/c1-12-6-4-5-7-14(12)17(23-3)11-20-18(21)13-8-9-16(22-2)15(19)10-13/h4-10,17H,11H2,1-3H3,(H,20,21). The Morgan fingerprint density at radius 3 is 2.57 bits per heavy atom. The van der Waals surface area contributed by atoms with Crippen molar-refractivity contribution in [2.45, 2.75) is 13.0 Å². The molecular formula is C18H20FNO3. The summed E-state index contributed by atoms with van der Waals surface area (Å²) < 4.78 is 24.0. The molecule has 1 atom stereocenters. The summed E-state index contributed by atoms with van der Waals surface area (Å²) in [5, 5.41) is 2.77. The van der Waals surface area contributed by atoms with Crippen LogP contribution in [-0.4, -0.2) is 26.7 Å². The molecule has 1 amide bonds. The van der Waals surface area contributed by atoms with Crippen molar-refractivity contribution in [1.29, 1.82) is 0 Å². The van der Waals surface area contributed by atoms with Crippen LogP contribution < -0.4 is 10.1 Å². The lowest BCUT2D eigenvalue weighted by Gasteiger charge is -2.18. The Kier molecular flexibility index (Phi) is 5.71. The Morgan fingerprint density at radius 2 is 1.96 bits per heavy atom. The smallest absolute Gasteiger partial charge is 0.251 e. The highest BCUT2D eigenvalue weighted by atomic mass is 19.1. The van der Waals surface area contributed by atoms with Crippen molar-refractivity contribution in [3.63, 3.8) is 0 Å². The van der Waals surface area contributed by atoms with E-state index in [-0.39, 0.29) is 23.3 Å². The van der Waals surface area contributed by atoms with Crippen LogP contribution in [0.2, 0.25) is 0 Å². The van der Waals surface area contributed by atoms with Crippen LogP contribution in [0.3, 0.4) is 0 Å². The van der Waals surface area contributed by atoms with E-state index in [0.717, 1.165) is 17.2 Å². The molecule has 0 saturated carbocycles. The van der Waals surface area contributed by atoms with Gasteiger partial charge in [0.15, 0.2) is 11.6 Å². The molecule has 2 aromatic rings. The summed E-state index contributed by atoms with van der Waals surface area (Å²) in [6.07, 6.45) is -0.261. The highest BCUT2D eigenvalue weighted by Crippen LogP contribution is 2.20. The summed E-state index contributed by atoms with van der Waals surface area (Å²) in [7, 11) is 2.97. The number of carbonyl (C=O) groups is 1. The predicted octanol–water partition coefficient (Wildman–Crippen LogP) is 3.26. The van der Waals surface area contributed by atoms with Crippen LogP contribution in [0.25, 0.3) is 0 Å². The van der Waals surface area contributed by atoms with Gasteiger partial charge in [0.25, 0.3) is 5.91 Å². The van der Waals surface area contributed by atoms with Crippen molar-refractivity contribution in [2.75, 3.05) is 20.8 Å². The van der Waals surface area contributed by atoms with E-state index in [1.807, 2.05) is 31.2 Å². The minimum Gasteiger partial charge on any atom is -0.494 e. The van der Waals surface area contributed by atoms with Gasteiger partial charge in [-0.25, -0.2) is 4.39 Å². The fourth-order valence-electron chi connectivity index (χ4n) is 2.36. The summed E-state index contributed by atoms with van der Waals surface area (Å²) in [6, 6.07) is 11.9. The maximum absolute atomic E-state index is 13.7. The number of amides is 1. The van der Waals surface area contributed by atoms with Crippen molar-refractivity contribution >= 4 is 5.91 Å². The summed E-state index contributed by atoms with van der Waals surface area (Å²) in [6.45, 7) is 2.29. The van der Waals surface area contributed by atoms with Gasteiger partial charge >= 0.3 is 0 Å². The number of rotatable bonds is 6. The lowest BCUT2D eigenvalue weighted by Crippen LogP contribution is -2.29. The maximum atomic E-state index is 13.7. The summed E-state index contributed by atoms with van der Waals surface area (Å²) >= 11 is 0. The van der Waals surface area contributed by atoms with Crippen LogP contribution in [0.5, 0.6) is 5.75 Å². The van der Waals surface area contributed by atoms with Gasteiger partial charge in [-0.3, -0.25) is 4.79 Å². The molecule has 23 heavy (non-hydrogen) atoms. The average molecular weight is 317 g/mol. The molecule has 0 aliphatic rings. The molecule has 122 valence electrons. The highest BCUT2D eigenvalue weighted by Gasteiger charge is 2.15. The lowest BCUT2D eigenvalue weighted by atomic mass is 10.0. The van der Waals surface area contributed by atoms with E-state index in [1.54, 1.807) is 7.11 Å². The van der Waals surface area contributed by atoms with E-state index in [0.29, 0.717) is 6.54 Å². The van der Waals surface area contributed by atoms with Crippen molar-refractivity contribution in [3.8, 4) is 5.75 Å². The van der Waals surface area contributed by atoms with E-state index in [1.165, 1.54) is 19.2 Å². The predicted molar refractivity (Wildman–Crippen MR) is 86.2 cm³/mol. The molecular weight excluding hydrogens is 297 g/mol. The highest BCUT2D eigenvalue weighted by molar-refractivity contribution is 5.94. The number of ether oxygens (including phenoxy) is 2. The Bertz CT molecular complexity index is 688. The molecule has 2 aromatic carbocycles. The van der Waals surface area contributed by atoms with Crippen LogP contribution >= 0.6 is 0 Å². The summed E-state index contributed by atoms with van der Waals surface area (Å²) in [5.41, 5.74) is 2.34. The number of hydrogen-bond donors (Lipinski definition) is 1. The molecule has 0 fully saturated rings. The first kappa shape index (κ1) is 17.0. The summed E-state index contributed by atoms with van der Waals surface area (Å²) in [5.74, 6) is -0.819. The molecule has 0 aliphatic heterocycles. The molecule has 0 aromatic heterocycles. The first-order valence-corrected chi connectivity index (χ1v) is 7.27. The van der Waals surface area contributed by atoms with Gasteiger partial charge in [-0.15, -0.1) is 0 Å². The fraction of sp³-hybridized carbons (Fsp3) is 0.278. The third-order valence-electron chi connectivity index (χ3n) is 3.68. The fourth-order valence-corrected chi connectivity index (χ4v) is 2.36. The number of carbonyl (C=O) groups excluding carboxylic acids is 1. The van der Waals surface area contributed by atoms with Gasteiger partial charge in [-0.05, 0) is 36.2 Å². The Labute approximate surface area is 135 Å². The molecule has 0 aliphatic carbocycles. The molecule has 4 nitrogen and oxygen atoms in total. The molecule has 1 N–H and O–H groups in total. The number of benzene rings is 2. The second-order valence-corrected chi connectivity index (χ2v) is 5.14. The average Bonchev–Trinajstić information content (AvgIpc) is 2.56. The second-order valence-electron chi connectivity index (χ2n) is 5.14. The normalized spacial score (nSPS) is 11.8. The van der Waals surface area contributed by atoms with Crippen LogP contribution in [0, 0.1) is 12.7 Å². The van der Waals surface area contributed by atoms with Gasteiger partial charge in [0.05, 0.1) is 13.2 Å². The van der Waals surface area contributed by atoms with Crippen LogP contribution in [0.4, 0.5) is 4.39 Å². The van der Waals surface area contributed by atoms with E-state index in [2.05, 4.69) is 5.32 Å². The van der Waals surface area contributed by atoms with Gasteiger partial charge in [-0.2, -0.15) is 0 Å². The monoisotopic (exact) mass is 317 g/mol. The molecule has 0 radical (unpaired) electrons. The number of aryl methyl sites for hydroxylation is 1. The van der Waals surface area contributed by atoms with Crippen molar-refractivity contribution < 1.29 is 18.7 Å². The zero-order chi connectivity index (χ0) is 16.8. The first-order chi connectivity index (χ1) is 11.1. The third-order valence-corrected chi connectivity index (χ3v) is 3.68. The first-order valence-electron chi connectivity index (χ1n) is 7.27. The van der Waals surface area contributed by atoms with Gasteiger partial charge in [-0.1, -0.05) is 24.3 Å². The molecule has 0 saturated heterocycles. The van der Waals surface area contributed by atoms with Crippen LogP contribution in [0.1, 0.15) is 27.6 Å². The molecule has 0 bridgehead atoms. The molecule has 5 heteroatoms. The largest absolute Gasteiger partial charge is 0.494 e. The minimum atomic E-state index is -0.567. The number of halogens is 1. The van der Waals surface area contributed by atoms with Crippen molar-refractivity contribution in [1.82, 2.24) is 5.32 Å². The third kappa shape index (κ3) is 4.07. The minimum absolute atomic E-state index is 0.108. The zero-order valence-electron chi connectivity index (χ0n) is 13.4. The van der Waals surface area contributed by atoms with Crippen molar-refractivity contribution in [3.05, 3.63) is 65.0 Å². The van der Waals surface area contributed by atoms with Gasteiger partial charge in [0, 0.05) is 19.2 Å². The van der Waals surface area contributed by atoms with Gasteiger partial charge < -0.3 is 14.8 Å². The number of nitrogens with one attached hydrogen (secondary N) is 1. The SMILES string of the molecule is COc1ccc(C(=O)NCC(OC)c2ccccc2C)cc1F. The maximum Gasteiger partial charge on any atom is 0.251 e. The van der Waals surface area contributed by atoms with E-state index < -0.39 is 5.82 Å². The molecule has 0 heterocycles. The van der Waals surface area contributed by atoms with Crippen molar-refractivity contribution in [2.24, 2.45) is 0 Å². The van der Waals surface area contributed by atoms with Crippen LogP contribution in [0.15, 0.2) is 42.5 Å². The Morgan fingerprint density at radius 1 is 1.22 bits per heavy atom. The second kappa shape index (κ2) is 7.74. The molecule has 0 spiro atoms. The van der Waals surface area contributed by atoms with Gasteiger partial charge in [0.1, 0.15) is 0 Å². The molecule has 2 rings (SSSR count). The van der Waals surface area contributed by atoms with E-state index >= 15 is 0 Å². The van der Waals surface area contributed by atoms with Gasteiger partial charge in [0.2, 0.25) is 0 Å². The van der Waals surface area contributed by atoms with E-state index in [9.17, 15) is 9.18 Å². The summed E-state index contributed by atoms with van der Waals surface area (Å²) in [4.78, 5) is 12.2. The lowest BCUT2D eigenvalue weighted by molar-refractivity contribution is 0.0825. The molecule has 1 unspecified atom stereocenters. The number of methoxy groups -OCH3 is 2. The topological polar surface area (TPSA) is 47.6 Å². The quantitative estimate of drug-likeness (QED) is 0.889. The Hall–Kier alpha value is -2.40.